The molecule has 2 atom stereocenters. The molecule has 134 valence electrons. The number of Topliss-reactive ketones (excluding diaryl/α,β-unsaturated/α-hetero) is 1. The van der Waals surface area contributed by atoms with E-state index in [0.717, 1.165) is 16.5 Å². The molecule has 0 spiro atoms. The van der Waals surface area contributed by atoms with Crippen LogP contribution in [0.2, 0.25) is 0 Å². The Morgan fingerprint density at radius 3 is 2.81 bits per heavy atom. The number of aryl methyl sites for hydroxylation is 1. The molecule has 1 aromatic carbocycles. The molecular weight excluding hydrogens is 332 g/mol. The Labute approximate surface area is 150 Å². The maximum Gasteiger partial charge on any atom is 0.291 e. The van der Waals surface area contributed by atoms with Crippen molar-refractivity contribution in [2.45, 2.75) is 24.9 Å². The van der Waals surface area contributed by atoms with Gasteiger partial charge in [0.2, 0.25) is 5.78 Å². The second kappa shape index (κ2) is 6.76. The fraction of sp³-hybridized carbons (Fsp3) is 0.316. The van der Waals surface area contributed by atoms with Crippen LogP contribution in [0.25, 0.3) is 10.9 Å². The highest BCUT2D eigenvalue weighted by molar-refractivity contribution is 6.40. The molecule has 2 unspecified atom stereocenters. The van der Waals surface area contributed by atoms with Gasteiger partial charge in [0.15, 0.2) is 0 Å². The van der Waals surface area contributed by atoms with Gasteiger partial charge in [-0.15, -0.1) is 0 Å². The zero-order valence-electron chi connectivity index (χ0n) is 14.2. The van der Waals surface area contributed by atoms with Crippen molar-refractivity contribution in [2.24, 2.45) is 0 Å². The number of hydrogen-bond acceptors (Lipinski definition) is 4. The number of nitrogens with one attached hydrogen (secondary N) is 1. The SMILES string of the molecule is O=C1C(=O)N(CCCn2ccnc2)C(CO)C1c1c[nH]c2ccccc12. The highest BCUT2D eigenvalue weighted by atomic mass is 16.3. The first-order chi connectivity index (χ1) is 12.7. The number of aromatic amines is 1. The third-order valence-corrected chi connectivity index (χ3v) is 5.06. The highest BCUT2D eigenvalue weighted by Crippen LogP contribution is 2.35. The number of carbonyl (C=O) groups excluding carboxylic acids is 2. The molecule has 1 fully saturated rings. The third kappa shape index (κ3) is 2.70. The first kappa shape index (κ1) is 16.5. The average molecular weight is 352 g/mol. The quantitative estimate of drug-likeness (QED) is 0.655. The lowest BCUT2D eigenvalue weighted by molar-refractivity contribution is -0.140. The standard InChI is InChI=1S/C19H20N4O3/c24-11-16-17(14-10-21-15-5-2-1-4-13(14)15)18(25)19(26)23(16)8-3-7-22-9-6-20-12-22/h1-2,4-6,9-10,12,16-17,21,24H,3,7-8,11H2. The smallest absolute Gasteiger partial charge is 0.291 e. The van der Waals surface area contributed by atoms with E-state index in [4.69, 9.17) is 0 Å². The summed E-state index contributed by atoms with van der Waals surface area (Å²) in [4.78, 5) is 33.9. The molecule has 3 aromatic rings. The van der Waals surface area contributed by atoms with Gasteiger partial charge in [-0.2, -0.15) is 0 Å². The molecule has 0 radical (unpaired) electrons. The van der Waals surface area contributed by atoms with Crippen LogP contribution in [0, 0.1) is 0 Å². The van der Waals surface area contributed by atoms with Gasteiger partial charge in [-0.25, -0.2) is 4.98 Å². The van der Waals surface area contributed by atoms with Crippen LogP contribution in [0.3, 0.4) is 0 Å². The number of carbonyl (C=O) groups is 2. The lowest BCUT2D eigenvalue weighted by atomic mass is 9.90. The van der Waals surface area contributed by atoms with E-state index in [1.165, 1.54) is 4.90 Å². The van der Waals surface area contributed by atoms with Crippen LogP contribution in [0.5, 0.6) is 0 Å². The van der Waals surface area contributed by atoms with Gasteiger partial charge < -0.3 is 19.6 Å². The van der Waals surface area contributed by atoms with E-state index in [9.17, 15) is 14.7 Å². The van der Waals surface area contributed by atoms with Crippen LogP contribution in [-0.2, 0) is 16.1 Å². The Kier molecular flexibility index (Phi) is 4.30. The van der Waals surface area contributed by atoms with Crippen LogP contribution < -0.4 is 0 Å². The summed E-state index contributed by atoms with van der Waals surface area (Å²) in [7, 11) is 0. The van der Waals surface area contributed by atoms with E-state index in [0.29, 0.717) is 19.5 Å². The van der Waals surface area contributed by atoms with Crippen LogP contribution in [0.15, 0.2) is 49.2 Å². The zero-order valence-corrected chi connectivity index (χ0v) is 14.2. The summed E-state index contributed by atoms with van der Waals surface area (Å²) < 4.78 is 1.92. The number of fused-ring (bicyclic) bond motifs is 1. The maximum absolute atomic E-state index is 12.7. The van der Waals surface area contributed by atoms with Crippen LogP contribution in [0.1, 0.15) is 17.9 Å². The lowest BCUT2D eigenvalue weighted by Crippen LogP contribution is -2.38. The molecule has 26 heavy (non-hydrogen) atoms. The van der Waals surface area contributed by atoms with Crippen LogP contribution in [0.4, 0.5) is 0 Å². The maximum atomic E-state index is 12.7. The van der Waals surface area contributed by atoms with Crippen LogP contribution >= 0.6 is 0 Å². The number of hydrogen-bond donors (Lipinski definition) is 2. The van der Waals surface area contributed by atoms with Crippen molar-refractivity contribution >= 4 is 22.6 Å². The van der Waals surface area contributed by atoms with Crippen molar-refractivity contribution in [2.75, 3.05) is 13.2 Å². The highest BCUT2D eigenvalue weighted by Gasteiger charge is 2.48. The third-order valence-electron chi connectivity index (χ3n) is 5.06. The number of ketones is 1. The van der Waals surface area contributed by atoms with Gasteiger partial charge in [0.25, 0.3) is 5.91 Å². The number of aliphatic hydroxyl groups excluding tert-OH is 1. The normalized spacial score (nSPS) is 20.4. The number of amides is 1. The van der Waals surface area contributed by atoms with Gasteiger partial charge in [-0.1, -0.05) is 18.2 Å². The van der Waals surface area contributed by atoms with Crippen molar-refractivity contribution in [3.63, 3.8) is 0 Å². The van der Waals surface area contributed by atoms with E-state index in [1.807, 2.05) is 35.0 Å². The van der Waals surface area contributed by atoms with Crippen molar-refractivity contribution in [3.05, 3.63) is 54.7 Å². The van der Waals surface area contributed by atoms with Gasteiger partial charge in [-0.3, -0.25) is 9.59 Å². The number of para-hydroxylation sites is 1. The molecular formula is C19H20N4O3. The summed E-state index contributed by atoms with van der Waals surface area (Å²) in [5.74, 6) is -1.60. The predicted molar refractivity (Wildman–Crippen MR) is 95.5 cm³/mol. The first-order valence-electron chi connectivity index (χ1n) is 8.68. The molecule has 1 aliphatic rings. The average Bonchev–Trinajstić information content (AvgIpc) is 3.36. The molecule has 1 saturated heterocycles. The molecule has 4 rings (SSSR count). The van der Waals surface area contributed by atoms with Crippen molar-refractivity contribution < 1.29 is 14.7 Å². The number of imidazole rings is 1. The Morgan fingerprint density at radius 2 is 2.04 bits per heavy atom. The van der Waals surface area contributed by atoms with Gasteiger partial charge in [0.05, 0.1) is 24.9 Å². The Hall–Kier alpha value is -2.93. The minimum absolute atomic E-state index is 0.243. The van der Waals surface area contributed by atoms with E-state index in [-0.39, 0.29) is 6.61 Å². The minimum atomic E-state index is -0.642. The predicted octanol–water partition coefficient (Wildman–Crippen LogP) is 1.31. The fourth-order valence-corrected chi connectivity index (χ4v) is 3.79. The molecule has 2 N–H and O–H groups in total. The number of H-pyrrole nitrogens is 1. The van der Waals surface area contributed by atoms with E-state index < -0.39 is 23.7 Å². The monoisotopic (exact) mass is 352 g/mol. The second-order valence-corrected chi connectivity index (χ2v) is 6.53. The van der Waals surface area contributed by atoms with Crippen molar-refractivity contribution in [3.8, 4) is 0 Å². The number of benzene rings is 1. The van der Waals surface area contributed by atoms with Gasteiger partial charge in [0.1, 0.15) is 0 Å². The summed E-state index contributed by atoms with van der Waals surface area (Å²) in [6, 6.07) is 7.14. The summed E-state index contributed by atoms with van der Waals surface area (Å²) in [5.41, 5.74) is 1.69. The fourth-order valence-electron chi connectivity index (χ4n) is 3.79. The van der Waals surface area contributed by atoms with E-state index in [1.54, 1.807) is 18.7 Å². The summed E-state index contributed by atoms with van der Waals surface area (Å²) in [6.07, 6.45) is 7.74. The number of rotatable bonds is 6. The van der Waals surface area contributed by atoms with E-state index >= 15 is 0 Å². The molecule has 7 heteroatoms. The molecule has 0 aliphatic carbocycles. The number of nitrogens with zero attached hydrogens (tertiary/aromatic N) is 3. The molecule has 7 nitrogen and oxygen atoms in total. The molecule has 2 aromatic heterocycles. The Bertz CT molecular complexity index is 931. The summed E-state index contributed by atoms with van der Waals surface area (Å²) in [6.45, 7) is 0.882. The topological polar surface area (TPSA) is 91.2 Å². The molecule has 3 heterocycles. The lowest BCUT2D eigenvalue weighted by Gasteiger charge is -2.25. The van der Waals surface area contributed by atoms with Gasteiger partial charge in [-0.05, 0) is 18.1 Å². The Morgan fingerprint density at radius 1 is 1.19 bits per heavy atom. The van der Waals surface area contributed by atoms with Gasteiger partial charge >= 0.3 is 0 Å². The molecule has 0 saturated carbocycles. The number of aliphatic hydroxyl groups is 1. The molecule has 0 bridgehead atoms. The van der Waals surface area contributed by atoms with Crippen molar-refractivity contribution in [1.82, 2.24) is 19.4 Å². The largest absolute Gasteiger partial charge is 0.394 e. The first-order valence-corrected chi connectivity index (χ1v) is 8.68. The number of aromatic nitrogens is 3. The van der Waals surface area contributed by atoms with Gasteiger partial charge in [0, 0.05) is 42.6 Å². The Balaban J connectivity index is 1.57. The van der Waals surface area contributed by atoms with E-state index in [2.05, 4.69) is 9.97 Å². The number of likely N-dealkylation sites (tertiary alicyclic amines) is 1. The van der Waals surface area contributed by atoms with Crippen LogP contribution in [-0.4, -0.2) is 55.4 Å². The molecule has 1 aliphatic heterocycles. The summed E-state index contributed by atoms with van der Waals surface area (Å²) in [5, 5.41) is 10.8. The van der Waals surface area contributed by atoms with Crippen molar-refractivity contribution in [1.29, 1.82) is 0 Å². The second-order valence-electron chi connectivity index (χ2n) is 6.53. The molecule has 1 amide bonds. The zero-order chi connectivity index (χ0) is 18.1. The summed E-state index contributed by atoms with van der Waals surface area (Å²) >= 11 is 0. The minimum Gasteiger partial charge on any atom is -0.394 e.